The van der Waals surface area contributed by atoms with Crippen LogP contribution in [0.3, 0.4) is 0 Å². The van der Waals surface area contributed by atoms with Crippen molar-refractivity contribution < 1.29 is 14.3 Å². The number of ether oxygens (including phenoxy) is 2. The molecule has 0 spiro atoms. The van der Waals surface area contributed by atoms with Crippen LogP contribution in [0.4, 0.5) is 0 Å². The average Bonchev–Trinajstić information content (AvgIpc) is 2.49. The number of rotatable bonds is 5. The van der Waals surface area contributed by atoms with Crippen LogP contribution in [-0.2, 0) is 9.53 Å². The fourth-order valence-corrected chi connectivity index (χ4v) is 1.70. The summed E-state index contributed by atoms with van der Waals surface area (Å²) in [5.41, 5.74) is 0.281. The van der Waals surface area contributed by atoms with Crippen LogP contribution in [0.1, 0.15) is 58.6 Å². The molecule has 22 heavy (non-hydrogen) atoms. The largest absolute Gasteiger partial charge is 0.497 e. The van der Waals surface area contributed by atoms with Crippen LogP contribution < -0.4 is 4.74 Å². The molecule has 0 aromatic heterocycles. The highest BCUT2D eigenvalue weighted by Crippen LogP contribution is 2.25. The summed E-state index contributed by atoms with van der Waals surface area (Å²) in [4.78, 5) is 12.2. The van der Waals surface area contributed by atoms with E-state index < -0.39 is 11.5 Å². The van der Waals surface area contributed by atoms with Crippen molar-refractivity contribution in [2.24, 2.45) is 5.41 Å². The van der Waals surface area contributed by atoms with Gasteiger partial charge in [0.05, 0.1) is 12.5 Å². The van der Waals surface area contributed by atoms with E-state index in [0.29, 0.717) is 0 Å². The Morgan fingerprint density at radius 3 is 2.64 bits per heavy atom. The quantitative estimate of drug-likeness (QED) is 0.456. The van der Waals surface area contributed by atoms with Crippen LogP contribution in [0.25, 0.3) is 0 Å². The summed E-state index contributed by atoms with van der Waals surface area (Å²) in [5, 5.41) is 0. The van der Waals surface area contributed by atoms with E-state index >= 15 is 0 Å². The van der Waals surface area contributed by atoms with E-state index in [-0.39, 0.29) is 5.97 Å². The van der Waals surface area contributed by atoms with Crippen molar-refractivity contribution in [2.75, 3.05) is 7.11 Å². The van der Waals surface area contributed by atoms with E-state index in [1.165, 1.54) is 0 Å². The molecule has 0 fully saturated rings. The number of hydrogen-bond donors (Lipinski definition) is 0. The topological polar surface area (TPSA) is 35.5 Å². The number of benzene rings is 1. The van der Waals surface area contributed by atoms with Gasteiger partial charge in [0.1, 0.15) is 5.75 Å². The third kappa shape index (κ3) is 5.81. The third-order valence-electron chi connectivity index (χ3n) is 3.12. The van der Waals surface area contributed by atoms with Crippen molar-refractivity contribution in [1.82, 2.24) is 0 Å². The average molecular weight is 302 g/mol. The molecule has 0 amide bonds. The van der Waals surface area contributed by atoms with Gasteiger partial charge in [-0.2, -0.15) is 0 Å². The Balaban J connectivity index is 2.98. The Hall–Kier alpha value is -1.95. The minimum absolute atomic E-state index is 0.259. The summed E-state index contributed by atoms with van der Waals surface area (Å²) in [7, 11) is 1.61. The number of hydrogen-bond acceptors (Lipinski definition) is 3. The second-order valence-corrected chi connectivity index (χ2v) is 6.24. The summed E-state index contributed by atoms with van der Waals surface area (Å²) in [6, 6.07) is 7.49. The van der Waals surface area contributed by atoms with Gasteiger partial charge < -0.3 is 9.47 Å². The summed E-state index contributed by atoms with van der Waals surface area (Å²) in [6.07, 6.45) is 2.40. The van der Waals surface area contributed by atoms with Gasteiger partial charge in [0, 0.05) is 12.0 Å². The lowest BCUT2D eigenvalue weighted by Crippen LogP contribution is -2.24. The molecule has 0 saturated carbocycles. The molecule has 0 radical (unpaired) electrons. The van der Waals surface area contributed by atoms with Crippen molar-refractivity contribution >= 4 is 5.97 Å². The van der Waals surface area contributed by atoms with Crippen LogP contribution >= 0.6 is 0 Å². The Morgan fingerprint density at radius 1 is 1.32 bits per heavy atom. The highest BCUT2D eigenvalue weighted by atomic mass is 16.5. The van der Waals surface area contributed by atoms with Gasteiger partial charge in [0.15, 0.2) is 6.10 Å². The molecule has 1 atom stereocenters. The molecule has 3 nitrogen and oxygen atoms in total. The van der Waals surface area contributed by atoms with E-state index in [9.17, 15) is 4.79 Å². The first kappa shape index (κ1) is 18.1. The maximum absolute atomic E-state index is 12.2. The molecule has 120 valence electrons. The number of carbonyl (C=O) groups excluding carboxylic acids is 1. The Kier molecular flexibility index (Phi) is 6.98. The predicted molar refractivity (Wildman–Crippen MR) is 88.6 cm³/mol. The molecule has 0 aliphatic carbocycles. The zero-order valence-corrected chi connectivity index (χ0v) is 14.2. The molecule has 1 unspecified atom stereocenters. The van der Waals surface area contributed by atoms with Crippen LogP contribution in [0.2, 0.25) is 0 Å². The normalized spacial score (nSPS) is 12.0. The van der Waals surface area contributed by atoms with Crippen molar-refractivity contribution in [1.29, 1.82) is 0 Å². The Bertz CT molecular complexity index is 544. The molecule has 0 heterocycles. The third-order valence-corrected chi connectivity index (χ3v) is 3.12. The lowest BCUT2D eigenvalue weighted by atomic mass is 9.97. The molecule has 0 N–H and O–H groups in total. The first-order valence-electron chi connectivity index (χ1n) is 7.72. The molecular formula is C19H26O3. The molecular weight excluding hydrogens is 276 g/mol. The standard InChI is InChI=1S/C19H26O3/c1-6-7-8-9-13-17(22-18(20)19(2,3)4)15-11-10-12-16(14-15)21-5/h10-12,14,17H,6-8H2,1-5H3. The SMILES string of the molecule is CCCCC#CC(OC(=O)C(C)(C)C)c1cccc(OC)c1. The van der Waals surface area contributed by atoms with Crippen molar-refractivity contribution in [2.45, 2.75) is 53.1 Å². The highest BCUT2D eigenvalue weighted by molar-refractivity contribution is 5.76. The molecule has 1 aromatic rings. The van der Waals surface area contributed by atoms with E-state index in [0.717, 1.165) is 30.6 Å². The summed E-state index contributed by atoms with van der Waals surface area (Å²) in [5.74, 6) is 6.66. The van der Waals surface area contributed by atoms with Gasteiger partial charge in [0.2, 0.25) is 0 Å². The minimum atomic E-state index is -0.557. The molecule has 1 aromatic carbocycles. The zero-order chi connectivity index (χ0) is 16.6. The molecule has 3 heteroatoms. The lowest BCUT2D eigenvalue weighted by Gasteiger charge is -2.20. The number of esters is 1. The van der Waals surface area contributed by atoms with Crippen LogP contribution in [0.5, 0.6) is 5.75 Å². The van der Waals surface area contributed by atoms with Crippen molar-refractivity contribution in [3.8, 4) is 17.6 Å². The summed E-state index contributed by atoms with van der Waals surface area (Å²) in [6.45, 7) is 7.63. The second kappa shape index (κ2) is 8.48. The smallest absolute Gasteiger partial charge is 0.312 e. The van der Waals surface area contributed by atoms with E-state index in [1.54, 1.807) is 7.11 Å². The van der Waals surface area contributed by atoms with Crippen molar-refractivity contribution in [3.63, 3.8) is 0 Å². The van der Waals surface area contributed by atoms with Gasteiger partial charge in [-0.1, -0.05) is 37.3 Å². The monoisotopic (exact) mass is 302 g/mol. The molecule has 0 bridgehead atoms. The molecule has 1 rings (SSSR count). The first-order chi connectivity index (χ1) is 10.4. The fraction of sp³-hybridized carbons (Fsp3) is 0.526. The Labute approximate surface area is 134 Å². The number of methoxy groups -OCH3 is 1. The number of unbranched alkanes of at least 4 members (excludes halogenated alkanes) is 2. The van der Waals surface area contributed by atoms with E-state index in [2.05, 4.69) is 18.8 Å². The van der Waals surface area contributed by atoms with Gasteiger partial charge in [-0.25, -0.2) is 0 Å². The maximum Gasteiger partial charge on any atom is 0.312 e. The molecule has 0 aliphatic heterocycles. The number of carbonyl (C=O) groups is 1. The van der Waals surface area contributed by atoms with Gasteiger partial charge in [0.25, 0.3) is 0 Å². The molecule has 0 aliphatic rings. The van der Waals surface area contributed by atoms with Gasteiger partial charge in [-0.05, 0) is 39.3 Å². The van der Waals surface area contributed by atoms with Crippen LogP contribution in [0, 0.1) is 17.3 Å². The Morgan fingerprint density at radius 2 is 2.05 bits per heavy atom. The van der Waals surface area contributed by atoms with Gasteiger partial charge in [-0.3, -0.25) is 4.79 Å². The summed E-state index contributed by atoms with van der Waals surface area (Å²) >= 11 is 0. The van der Waals surface area contributed by atoms with Crippen molar-refractivity contribution in [3.05, 3.63) is 29.8 Å². The van der Waals surface area contributed by atoms with Gasteiger partial charge in [-0.15, -0.1) is 0 Å². The first-order valence-corrected chi connectivity index (χ1v) is 7.72. The molecule has 0 saturated heterocycles. The fourth-order valence-electron chi connectivity index (χ4n) is 1.70. The van der Waals surface area contributed by atoms with Crippen LogP contribution in [0.15, 0.2) is 24.3 Å². The summed E-state index contributed by atoms with van der Waals surface area (Å²) < 4.78 is 10.8. The maximum atomic E-state index is 12.2. The second-order valence-electron chi connectivity index (χ2n) is 6.24. The van der Waals surface area contributed by atoms with Gasteiger partial charge >= 0.3 is 5.97 Å². The zero-order valence-electron chi connectivity index (χ0n) is 14.2. The predicted octanol–water partition coefficient (Wildman–Crippen LogP) is 4.52. The lowest BCUT2D eigenvalue weighted by molar-refractivity contribution is -0.156. The van der Waals surface area contributed by atoms with Crippen LogP contribution in [-0.4, -0.2) is 13.1 Å². The van der Waals surface area contributed by atoms with E-state index in [4.69, 9.17) is 9.47 Å². The highest BCUT2D eigenvalue weighted by Gasteiger charge is 2.26. The van der Waals surface area contributed by atoms with E-state index in [1.807, 2.05) is 45.0 Å². The minimum Gasteiger partial charge on any atom is -0.497 e.